The van der Waals surface area contributed by atoms with E-state index in [4.69, 9.17) is 27.6 Å². The molecule has 1 heterocycles. The molecule has 0 saturated carbocycles. The van der Waals surface area contributed by atoms with Gasteiger partial charge in [0.05, 0.1) is 16.8 Å². The Morgan fingerprint density at radius 2 is 2.06 bits per heavy atom. The van der Waals surface area contributed by atoms with E-state index in [1.165, 1.54) is 12.3 Å². The Morgan fingerprint density at radius 1 is 1.29 bits per heavy atom. The first-order chi connectivity index (χ1) is 8.08. The van der Waals surface area contributed by atoms with Gasteiger partial charge in [0.1, 0.15) is 0 Å². The topological polar surface area (TPSA) is 42.2 Å². The highest BCUT2D eigenvalue weighted by molar-refractivity contribution is 9.10. The van der Waals surface area contributed by atoms with Crippen LogP contribution in [0, 0.1) is 0 Å². The van der Waals surface area contributed by atoms with Crippen molar-refractivity contribution < 1.29 is 9.21 Å². The lowest BCUT2D eigenvalue weighted by Crippen LogP contribution is -2.11. The highest BCUT2D eigenvalue weighted by atomic mass is 79.9. The summed E-state index contributed by atoms with van der Waals surface area (Å²) in [6, 6.07) is 6.60. The molecule has 0 unspecified atom stereocenters. The fourth-order valence-electron chi connectivity index (χ4n) is 1.23. The Bertz CT molecular complexity index is 568. The molecule has 0 saturated heterocycles. The number of rotatable bonds is 2. The van der Waals surface area contributed by atoms with Crippen LogP contribution in [0.4, 0.5) is 5.69 Å². The van der Waals surface area contributed by atoms with Crippen molar-refractivity contribution in [3.8, 4) is 0 Å². The van der Waals surface area contributed by atoms with Gasteiger partial charge in [0.15, 0.2) is 0 Å². The number of hydrogen-bond donors (Lipinski definition) is 1. The summed E-state index contributed by atoms with van der Waals surface area (Å²) in [4.78, 5) is 11.8. The maximum absolute atomic E-state index is 11.8. The first-order valence-electron chi connectivity index (χ1n) is 4.57. The minimum absolute atomic E-state index is 0.0608. The summed E-state index contributed by atoms with van der Waals surface area (Å²) < 4.78 is 5.60. The molecule has 2 rings (SSSR count). The maximum Gasteiger partial charge on any atom is 0.260 e. The summed E-state index contributed by atoms with van der Waals surface area (Å²) in [6.07, 6.45) is 1.35. The van der Waals surface area contributed by atoms with Gasteiger partial charge < -0.3 is 9.73 Å². The van der Waals surface area contributed by atoms with Crippen LogP contribution in [0.25, 0.3) is 0 Å². The summed E-state index contributed by atoms with van der Waals surface area (Å²) in [7, 11) is 0. The Balaban J connectivity index is 2.19. The molecule has 0 spiro atoms. The van der Waals surface area contributed by atoms with Gasteiger partial charge in [-0.15, -0.1) is 0 Å². The van der Waals surface area contributed by atoms with Crippen LogP contribution in [0.1, 0.15) is 10.4 Å². The van der Waals surface area contributed by atoms with Gasteiger partial charge in [-0.25, -0.2) is 0 Å². The molecule has 1 aromatic carbocycles. The normalized spacial score (nSPS) is 10.3. The second kappa shape index (κ2) is 5.12. The summed E-state index contributed by atoms with van der Waals surface area (Å²) in [5.41, 5.74) is 0.867. The van der Waals surface area contributed by atoms with Crippen molar-refractivity contribution in [1.29, 1.82) is 0 Å². The molecule has 2 aromatic rings. The van der Waals surface area contributed by atoms with Gasteiger partial charge in [0.2, 0.25) is 5.22 Å². The lowest BCUT2D eigenvalue weighted by atomic mass is 10.3. The maximum atomic E-state index is 11.8. The fraction of sp³-hybridized carbons (Fsp3) is 0. The van der Waals surface area contributed by atoms with E-state index in [0.29, 0.717) is 10.7 Å². The van der Waals surface area contributed by atoms with Crippen molar-refractivity contribution >= 4 is 50.7 Å². The lowest BCUT2D eigenvalue weighted by molar-refractivity contribution is 0.102. The zero-order chi connectivity index (χ0) is 12.4. The molecule has 0 aliphatic rings. The summed E-state index contributed by atoms with van der Waals surface area (Å²) in [5, 5.41) is 3.24. The quantitative estimate of drug-likeness (QED) is 0.872. The minimum atomic E-state index is -0.345. The van der Waals surface area contributed by atoms with E-state index in [9.17, 15) is 4.79 Å². The van der Waals surface area contributed by atoms with Crippen LogP contribution in [-0.4, -0.2) is 5.91 Å². The number of furan rings is 1. The molecule has 6 heteroatoms. The van der Waals surface area contributed by atoms with Gasteiger partial charge in [-0.2, -0.15) is 0 Å². The van der Waals surface area contributed by atoms with E-state index in [0.717, 1.165) is 4.47 Å². The largest absolute Gasteiger partial charge is 0.452 e. The third kappa shape index (κ3) is 2.83. The van der Waals surface area contributed by atoms with Crippen molar-refractivity contribution in [2.45, 2.75) is 0 Å². The van der Waals surface area contributed by atoms with Gasteiger partial charge >= 0.3 is 0 Å². The van der Waals surface area contributed by atoms with Crippen LogP contribution < -0.4 is 5.32 Å². The number of benzene rings is 1. The van der Waals surface area contributed by atoms with Gasteiger partial charge in [-0.05, 0) is 51.8 Å². The van der Waals surface area contributed by atoms with E-state index in [1.807, 2.05) is 0 Å². The van der Waals surface area contributed by atoms with Crippen LogP contribution >= 0.6 is 39.1 Å². The van der Waals surface area contributed by atoms with Crippen molar-refractivity contribution in [2.24, 2.45) is 0 Å². The summed E-state index contributed by atoms with van der Waals surface area (Å²) >= 11 is 14.9. The molecule has 1 amide bonds. The van der Waals surface area contributed by atoms with E-state index in [2.05, 4.69) is 21.2 Å². The zero-order valence-corrected chi connectivity index (χ0v) is 11.4. The molecule has 88 valence electrons. The first kappa shape index (κ1) is 12.5. The van der Waals surface area contributed by atoms with Crippen LogP contribution in [0.5, 0.6) is 0 Å². The van der Waals surface area contributed by atoms with E-state index in [1.54, 1.807) is 18.2 Å². The molecule has 3 nitrogen and oxygen atoms in total. The van der Waals surface area contributed by atoms with E-state index in [-0.39, 0.29) is 16.7 Å². The van der Waals surface area contributed by atoms with Crippen molar-refractivity contribution in [1.82, 2.24) is 0 Å². The third-order valence-electron chi connectivity index (χ3n) is 2.04. The summed E-state index contributed by atoms with van der Waals surface area (Å²) in [6.45, 7) is 0. The number of carbonyl (C=O) groups excluding carboxylic acids is 1. The lowest BCUT2D eigenvalue weighted by Gasteiger charge is -2.05. The highest BCUT2D eigenvalue weighted by Crippen LogP contribution is 2.26. The summed E-state index contributed by atoms with van der Waals surface area (Å²) in [5.74, 6) is -0.345. The Labute approximate surface area is 116 Å². The van der Waals surface area contributed by atoms with Crippen LogP contribution in [0.2, 0.25) is 10.2 Å². The molecular formula is C11H6BrCl2NO2. The number of anilines is 1. The van der Waals surface area contributed by atoms with Crippen molar-refractivity contribution in [2.75, 3.05) is 5.32 Å². The van der Waals surface area contributed by atoms with Crippen molar-refractivity contribution in [3.05, 3.63) is 50.8 Å². The monoisotopic (exact) mass is 333 g/mol. The Morgan fingerprint density at radius 3 is 2.65 bits per heavy atom. The van der Waals surface area contributed by atoms with Gasteiger partial charge in [0.25, 0.3) is 5.91 Å². The van der Waals surface area contributed by atoms with Gasteiger partial charge in [-0.3, -0.25) is 4.79 Å². The number of halogens is 3. The average Bonchev–Trinajstić information content (AvgIpc) is 2.70. The van der Waals surface area contributed by atoms with E-state index < -0.39 is 0 Å². The van der Waals surface area contributed by atoms with E-state index >= 15 is 0 Å². The minimum Gasteiger partial charge on any atom is -0.452 e. The highest BCUT2D eigenvalue weighted by Gasteiger charge is 2.13. The number of carbonyl (C=O) groups is 1. The number of hydrogen-bond acceptors (Lipinski definition) is 2. The van der Waals surface area contributed by atoms with Gasteiger partial charge in [0, 0.05) is 10.2 Å². The smallest absolute Gasteiger partial charge is 0.260 e. The third-order valence-corrected chi connectivity index (χ3v) is 3.57. The molecule has 0 aliphatic heterocycles. The molecule has 0 radical (unpaired) electrons. The van der Waals surface area contributed by atoms with Crippen LogP contribution in [-0.2, 0) is 0 Å². The molecular weight excluding hydrogens is 329 g/mol. The van der Waals surface area contributed by atoms with Crippen LogP contribution in [0.3, 0.4) is 0 Å². The molecule has 1 aromatic heterocycles. The molecule has 0 bridgehead atoms. The second-order valence-corrected chi connectivity index (χ2v) is 4.80. The Hall–Kier alpha value is -0.970. The fourth-order valence-corrected chi connectivity index (χ4v) is 1.86. The zero-order valence-electron chi connectivity index (χ0n) is 8.34. The Kier molecular flexibility index (Phi) is 3.76. The molecule has 0 aliphatic carbocycles. The van der Waals surface area contributed by atoms with Crippen molar-refractivity contribution in [3.63, 3.8) is 0 Å². The predicted octanol–water partition coefficient (Wildman–Crippen LogP) is 4.60. The molecule has 0 fully saturated rings. The number of amides is 1. The first-order valence-corrected chi connectivity index (χ1v) is 6.12. The molecule has 0 atom stereocenters. The van der Waals surface area contributed by atoms with Crippen LogP contribution in [0.15, 0.2) is 39.4 Å². The second-order valence-electron chi connectivity index (χ2n) is 3.19. The standard InChI is InChI=1S/C11H6BrCl2NO2/c12-8-2-1-6(5-9(8)13)15-11(16)7-3-4-17-10(7)14/h1-5H,(H,15,16). The average molecular weight is 335 g/mol. The SMILES string of the molecule is O=C(Nc1ccc(Br)c(Cl)c1)c1ccoc1Cl. The molecule has 1 N–H and O–H groups in total. The predicted molar refractivity (Wildman–Crippen MR) is 70.8 cm³/mol. The van der Waals surface area contributed by atoms with Gasteiger partial charge in [-0.1, -0.05) is 11.6 Å². The molecule has 17 heavy (non-hydrogen) atoms. The number of nitrogens with one attached hydrogen (secondary N) is 1.